The molecule has 0 aliphatic heterocycles. The standard InChI is InChI=1S/C27H30N2O/c1-20(2)6-3-4-7-21-9-11-22(12-10-21)13-14-23-15-16-26-25(18-23)29-27(30-26)24-8-5-17-28-19-24/h5,8-12,15-20H,3-4,6-7,13-14H2,1-2H3. The van der Waals surface area contributed by atoms with Gasteiger partial charge in [-0.2, -0.15) is 0 Å². The van der Waals surface area contributed by atoms with E-state index in [1.165, 1.54) is 42.4 Å². The molecule has 0 saturated heterocycles. The quantitative estimate of drug-likeness (QED) is 0.284. The Labute approximate surface area is 179 Å². The van der Waals surface area contributed by atoms with Crippen LogP contribution in [0.1, 0.15) is 49.8 Å². The minimum absolute atomic E-state index is 0.624. The van der Waals surface area contributed by atoms with Gasteiger partial charge in [-0.1, -0.05) is 57.0 Å². The molecule has 2 aromatic carbocycles. The monoisotopic (exact) mass is 398 g/mol. The van der Waals surface area contributed by atoms with Crippen molar-refractivity contribution in [3.05, 3.63) is 83.7 Å². The van der Waals surface area contributed by atoms with E-state index in [4.69, 9.17) is 4.42 Å². The molecule has 154 valence electrons. The van der Waals surface area contributed by atoms with Crippen LogP contribution in [0.15, 0.2) is 71.4 Å². The fourth-order valence-electron chi connectivity index (χ4n) is 3.78. The van der Waals surface area contributed by atoms with Gasteiger partial charge in [-0.3, -0.25) is 4.98 Å². The fraction of sp³-hybridized carbons (Fsp3) is 0.333. The first-order chi connectivity index (χ1) is 14.7. The number of oxazole rings is 1. The van der Waals surface area contributed by atoms with Gasteiger partial charge in [0.2, 0.25) is 5.89 Å². The third-order valence-electron chi connectivity index (χ3n) is 5.58. The molecule has 0 bridgehead atoms. The van der Waals surface area contributed by atoms with Crippen LogP contribution in [0, 0.1) is 5.92 Å². The van der Waals surface area contributed by atoms with Crippen LogP contribution in [0.5, 0.6) is 0 Å². The molecule has 0 spiro atoms. The molecule has 30 heavy (non-hydrogen) atoms. The predicted octanol–water partition coefficient (Wildman–Crippen LogP) is 7.04. The summed E-state index contributed by atoms with van der Waals surface area (Å²) in [6.07, 6.45) is 10.7. The van der Waals surface area contributed by atoms with E-state index in [0.717, 1.165) is 35.4 Å². The molecule has 2 aromatic heterocycles. The van der Waals surface area contributed by atoms with Crippen LogP contribution in [-0.2, 0) is 19.3 Å². The smallest absolute Gasteiger partial charge is 0.228 e. The molecule has 2 heterocycles. The Morgan fingerprint density at radius 2 is 1.57 bits per heavy atom. The summed E-state index contributed by atoms with van der Waals surface area (Å²) in [5.41, 5.74) is 6.75. The Hall–Kier alpha value is -2.94. The molecular formula is C27H30N2O. The lowest BCUT2D eigenvalue weighted by atomic mass is 9.99. The summed E-state index contributed by atoms with van der Waals surface area (Å²) in [6.45, 7) is 4.60. The Kier molecular flexibility index (Phi) is 6.58. The Balaban J connectivity index is 1.34. The highest BCUT2D eigenvalue weighted by atomic mass is 16.3. The zero-order chi connectivity index (χ0) is 20.8. The molecule has 4 aromatic rings. The van der Waals surface area contributed by atoms with E-state index >= 15 is 0 Å². The Morgan fingerprint density at radius 1 is 0.833 bits per heavy atom. The summed E-state index contributed by atoms with van der Waals surface area (Å²) in [6, 6.07) is 19.3. The van der Waals surface area contributed by atoms with Crippen molar-refractivity contribution in [1.82, 2.24) is 9.97 Å². The average molecular weight is 399 g/mol. The third kappa shape index (κ3) is 5.35. The molecule has 0 atom stereocenters. The SMILES string of the molecule is CC(C)CCCCc1ccc(CCc2ccc3oc(-c4cccnc4)nc3c2)cc1. The number of hydrogen-bond acceptors (Lipinski definition) is 3. The first kappa shape index (κ1) is 20.3. The number of benzene rings is 2. The van der Waals surface area contributed by atoms with Crippen molar-refractivity contribution in [2.24, 2.45) is 5.92 Å². The van der Waals surface area contributed by atoms with Crippen molar-refractivity contribution in [2.75, 3.05) is 0 Å². The number of fused-ring (bicyclic) bond motifs is 1. The van der Waals surface area contributed by atoms with Gasteiger partial charge < -0.3 is 4.42 Å². The number of aromatic nitrogens is 2. The van der Waals surface area contributed by atoms with E-state index in [0.29, 0.717) is 5.89 Å². The minimum atomic E-state index is 0.624. The van der Waals surface area contributed by atoms with E-state index in [9.17, 15) is 0 Å². The number of rotatable bonds is 9. The van der Waals surface area contributed by atoms with Crippen LogP contribution in [0.25, 0.3) is 22.6 Å². The van der Waals surface area contributed by atoms with Crippen molar-refractivity contribution < 1.29 is 4.42 Å². The van der Waals surface area contributed by atoms with Crippen molar-refractivity contribution in [3.8, 4) is 11.5 Å². The summed E-state index contributed by atoms with van der Waals surface area (Å²) in [5, 5.41) is 0. The van der Waals surface area contributed by atoms with E-state index in [1.807, 2.05) is 18.2 Å². The molecule has 0 aliphatic rings. The summed E-state index contributed by atoms with van der Waals surface area (Å²) >= 11 is 0. The van der Waals surface area contributed by atoms with Gasteiger partial charge in [0, 0.05) is 12.4 Å². The normalized spacial score (nSPS) is 11.4. The van der Waals surface area contributed by atoms with Gasteiger partial charge in [-0.15, -0.1) is 0 Å². The van der Waals surface area contributed by atoms with Crippen molar-refractivity contribution in [3.63, 3.8) is 0 Å². The van der Waals surface area contributed by atoms with Gasteiger partial charge in [-0.25, -0.2) is 4.98 Å². The first-order valence-electron chi connectivity index (χ1n) is 11.0. The maximum atomic E-state index is 5.89. The molecule has 0 N–H and O–H groups in total. The van der Waals surface area contributed by atoms with Gasteiger partial charge in [-0.05, 0) is 72.6 Å². The lowest BCUT2D eigenvalue weighted by Crippen LogP contribution is -1.93. The molecule has 0 radical (unpaired) electrons. The number of nitrogens with zero attached hydrogens (tertiary/aromatic N) is 2. The van der Waals surface area contributed by atoms with Gasteiger partial charge >= 0.3 is 0 Å². The maximum absolute atomic E-state index is 5.89. The Bertz CT molecular complexity index is 1070. The minimum Gasteiger partial charge on any atom is -0.436 e. The largest absolute Gasteiger partial charge is 0.436 e. The summed E-state index contributed by atoms with van der Waals surface area (Å²) in [5.74, 6) is 1.44. The lowest BCUT2D eigenvalue weighted by Gasteiger charge is -2.06. The van der Waals surface area contributed by atoms with Gasteiger partial charge in [0.25, 0.3) is 0 Å². The van der Waals surface area contributed by atoms with Crippen molar-refractivity contribution in [2.45, 2.75) is 52.4 Å². The molecule has 4 rings (SSSR count). The van der Waals surface area contributed by atoms with Crippen LogP contribution in [0.3, 0.4) is 0 Å². The van der Waals surface area contributed by atoms with E-state index in [2.05, 4.69) is 60.2 Å². The highest BCUT2D eigenvalue weighted by Crippen LogP contribution is 2.24. The third-order valence-corrected chi connectivity index (χ3v) is 5.58. The predicted molar refractivity (Wildman–Crippen MR) is 123 cm³/mol. The second kappa shape index (κ2) is 9.71. The second-order valence-corrected chi connectivity index (χ2v) is 8.52. The van der Waals surface area contributed by atoms with Crippen LogP contribution < -0.4 is 0 Å². The number of aryl methyl sites for hydroxylation is 3. The van der Waals surface area contributed by atoms with Crippen LogP contribution in [0.2, 0.25) is 0 Å². The van der Waals surface area contributed by atoms with Crippen LogP contribution >= 0.6 is 0 Å². The topological polar surface area (TPSA) is 38.9 Å². The highest BCUT2D eigenvalue weighted by Gasteiger charge is 2.09. The van der Waals surface area contributed by atoms with Gasteiger partial charge in [0.15, 0.2) is 5.58 Å². The van der Waals surface area contributed by atoms with Crippen molar-refractivity contribution >= 4 is 11.1 Å². The van der Waals surface area contributed by atoms with E-state index in [-0.39, 0.29) is 0 Å². The number of unbranched alkanes of at least 4 members (excludes halogenated alkanes) is 1. The van der Waals surface area contributed by atoms with E-state index in [1.54, 1.807) is 12.4 Å². The first-order valence-corrected chi connectivity index (χ1v) is 11.0. The van der Waals surface area contributed by atoms with E-state index < -0.39 is 0 Å². The lowest BCUT2D eigenvalue weighted by molar-refractivity contribution is 0.538. The zero-order valence-electron chi connectivity index (χ0n) is 18.0. The molecule has 0 unspecified atom stereocenters. The van der Waals surface area contributed by atoms with Crippen molar-refractivity contribution in [1.29, 1.82) is 0 Å². The summed E-state index contributed by atoms with van der Waals surface area (Å²) in [7, 11) is 0. The molecule has 0 amide bonds. The number of pyridine rings is 1. The molecular weight excluding hydrogens is 368 g/mol. The highest BCUT2D eigenvalue weighted by molar-refractivity contribution is 5.76. The van der Waals surface area contributed by atoms with Crippen LogP contribution in [0.4, 0.5) is 0 Å². The fourth-order valence-corrected chi connectivity index (χ4v) is 3.78. The molecule has 0 fully saturated rings. The Morgan fingerprint density at radius 3 is 2.30 bits per heavy atom. The second-order valence-electron chi connectivity index (χ2n) is 8.52. The molecule has 0 saturated carbocycles. The molecule has 3 nitrogen and oxygen atoms in total. The maximum Gasteiger partial charge on any atom is 0.228 e. The molecule has 0 aliphatic carbocycles. The van der Waals surface area contributed by atoms with Crippen LogP contribution in [-0.4, -0.2) is 9.97 Å². The summed E-state index contributed by atoms with van der Waals surface area (Å²) < 4.78 is 5.89. The average Bonchev–Trinajstić information content (AvgIpc) is 3.20. The zero-order valence-corrected chi connectivity index (χ0v) is 18.0. The van der Waals surface area contributed by atoms with Gasteiger partial charge in [0.1, 0.15) is 5.52 Å². The molecule has 3 heteroatoms. The number of hydrogen-bond donors (Lipinski definition) is 0. The van der Waals surface area contributed by atoms with Gasteiger partial charge in [0.05, 0.1) is 5.56 Å². The summed E-state index contributed by atoms with van der Waals surface area (Å²) in [4.78, 5) is 8.80.